The zero-order valence-corrected chi connectivity index (χ0v) is 12.9. The van der Waals surface area contributed by atoms with Crippen molar-refractivity contribution in [1.29, 1.82) is 0 Å². The monoisotopic (exact) mass is 285 g/mol. The minimum atomic E-state index is -0.270. The summed E-state index contributed by atoms with van der Waals surface area (Å²) in [7, 11) is 0. The second kappa shape index (κ2) is 9.21. The van der Waals surface area contributed by atoms with E-state index in [0.717, 1.165) is 24.3 Å². The van der Waals surface area contributed by atoms with Crippen LogP contribution in [-0.4, -0.2) is 25.2 Å². The first-order valence-corrected chi connectivity index (χ1v) is 8.14. The van der Waals surface area contributed by atoms with Crippen LogP contribution < -0.4 is 10.1 Å². The molecule has 0 saturated carbocycles. The number of rotatable bonds is 9. The largest absolute Gasteiger partial charge is 0.490 e. The molecule has 0 aliphatic heterocycles. The quantitative estimate of drug-likeness (QED) is 0.699. The van der Waals surface area contributed by atoms with Crippen molar-refractivity contribution < 1.29 is 9.13 Å². The summed E-state index contributed by atoms with van der Waals surface area (Å²) in [5.74, 6) is 1.75. The van der Waals surface area contributed by atoms with E-state index >= 15 is 0 Å². The number of benzene rings is 1. The van der Waals surface area contributed by atoms with Gasteiger partial charge in [0.05, 0.1) is 6.61 Å². The van der Waals surface area contributed by atoms with E-state index in [1.165, 1.54) is 6.07 Å². The van der Waals surface area contributed by atoms with Crippen LogP contribution in [0.3, 0.4) is 0 Å². The zero-order chi connectivity index (χ0) is 14.1. The third kappa shape index (κ3) is 6.30. The highest BCUT2D eigenvalue weighted by atomic mass is 32.2. The van der Waals surface area contributed by atoms with E-state index in [4.69, 9.17) is 4.74 Å². The highest BCUT2D eigenvalue weighted by molar-refractivity contribution is 7.98. The first-order valence-electron chi connectivity index (χ1n) is 6.75. The van der Waals surface area contributed by atoms with Gasteiger partial charge in [-0.25, -0.2) is 4.39 Å². The smallest absolute Gasteiger partial charge is 0.165 e. The van der Waals surface area contributed by atoms with Crippen molar-refractivity contribution in [2.24, 2.45) is 5.92 Å². The lowest BCUT2D eigenvalue weighted by Gasteiger charge is -2.13. The molecular formula is C15H24FNOS. The number of thioether (sulfide) groups is 1. The maximum Gasteiger partial charge on any atom is 0.165 e. The average molecular weight is 285 g/mol. The van der Waals surface area contributed by atoms with Gasteiger partial charge in [-0.3, -0.25) is 0 Å². The number of halogens is 1. The van der Waals surface area contributed by atoms with Crippen LogP contribution in [-0.2, 0) is 6.54 Å². The zero-order valence-electron chi connectivity index (χ0n) is 12.0. The van der Waals surface area contributed by atoms with E-state index in [1.54, 1.807) is 17.8 Å². The molecule has 0 fully saturated rings. The van der Waals surface area contributed by atoms with Crippen LogP contribution in [0.2, 0.25) is 0 Å². The number of hydrogen-bond acceptors (Lipinski definition) is 3. The Hall–Kier alpha value is -0.740. The van der Waals surface area contributed by atoms with Crippen LogP contribution in [0, 0.1) is 11.7 Å². The first kappa shape index (κ1) is 16.3. The molecule has 0 radical (unpaired) electrons. The summed E-state index contributed by atoms with van der Waals surface area (Å²) in [5, 5.41) is 3.32. The molecule has 0 heterocycles. The van der Waals surface area contributed by atoms with E-state index in [1.807, 2.05) is 6.07 Å². The molecule has 0 amide bonds. The highest BCUT2D eigenvalue weighted by Crippen LogP contribution is 2.23. The lowest BCUT2D eigenvalue weighted by Crippen LogP contribution is -2.19. The van der Waals surface area contributed by atoms with Crippen LogP contribution in [0.5, 0.6) is 5.75 Å². The molecule has 1 N–H and O–H groups in total. The standard InChI is InChI=1S/C15H24FNOS/c1-12(2)10-17-11-13-6-4-7-14(16)15(13)18-8-5-9-19-3/h4,6-7,12,17H,5,8-11H2,1-3H3. The van der Waals surface area contributed by atoms with E-state index in [2.05, 4.69) is 25.4 Å². The molecular weight excluding hydrogens is 261 g/mol. The Morgan fingerprint density at radius 2 is 2.16 bits per heavy atom. The molecule has 4 heteroatoms. The van der Waals surface area contributed by atoms with Crippen LogP contribution in [0.4, 0.5) is 4.39 Å². The number of nitrogens with one attached hydrogen (secondary N) is 1. The topological polar surface area (TPSA) is 21.3 Å². The Labute approximate surface area is 120 Å². The summed E-state index contributed by atoms with van der Waals surface area (Å²) in [6.07, 6.45) is 3.00. The van der Waals surface area contributed by atoms with Crippen molar-refractivity contribution >= 4 is 11.8 Å². The third-order valence-electron chi connectivity index (χ3n) is 2.66. The molecule has 19 heavy (non-hydrogen) atoms. The van der Waals surface area contributed by atoms with Gasteiger partial charge in [0.15, 0.2) is 11.6 Å². The van der Waals surface area contributed by atoms with Gasteiger partial charge in [-0.1, -0.05) is 26.0 Å². The van der Waals surface area contributed by atoms with Crippen molar-refractivity contribution in [3.05, 3.63) is 29.6 Å². The van der Waals surface area contributed by atoms with Gasteiger partial charge < -0.3 is 10.1 Å². The molecule has 0 bridgehead atoms. The fourth-order valence-electron chi connectivity index (χ4n) is 1.73. The highest BCUT2D eigenvalue weighted by Gasteiger charge is 2.09. The molecule has 2 nitrogen and oxygen atoms in total. The van der Waals surface area contributed by atoms with Crippen LogP contribution >= 0.6 is 11.8 Å². The second-order valence-electron chi connectivity index (χ2n) is 4.95. The van der Waals surface area contributed by atoms with Gasteiger partial charge in [0, 0.05) is 12.1 Å². The van der Waals surface area contributed by atoms with Gasteiger partial charge in [-0.15, -0.1) is 0 Å². The third-order valence-corrected chi connectivity index (χ3v) is 3.35. The Bertz CT molecular complexity index is 371. The number of hydrogen-bond donors (Lipinski definition) is 1. The lowest BCUT2D eigenvalue weighted by atomic mass is 10.1. The minimum Gasteiger partial charge on any atom is -0.490 e. The number of ether oxygens (including phenoxy) is 1. The molecule has 0 unspecified atom stereocenters. The summed E-state index contributed by atoms with van der Waals surface area (Å²) < 4.78 is 19.4. The fraction of sp³-hybridized carbons (Fsp3) is 0.600. The minimum absolute atomic E-state index is 0.270. The maximum atomic E-state index is 13.8. The molecule has 0 aliphatic carbocycles. The van der Waals surface area contributed by atoms with Gasteiger partial charge >= 0.3 is 0 Å². The molecule has 1 aromatic carbocycles. The average Bonchev–Trinajstić information content (AvgIpc) is 2.36. The Kier molecular flexibility index (Phi) is 7.91. The summed E-state index contributed by atoms with van der Waals surface area (Å²) in [6, 6.07) is 5.10. The van der Waals surface area contributed by atoms with Gasteiger partial charge in [-0.2, -0.15) is 11.8 Å². The van der Waals surface area contributed by atoms with Crippen molar-refractivity contribution in [2.45, 2.75) is 26.8 Å². The van der Waals surface area contributed by atoms with Gasteiger partial charge in [-0.05, 0) is 37.0 Å². The van der Waals surface area contributed by atoms with Gasteiger partial charge in [0.2, 0.25) is 0 Å². The molecule has 0 aliphatic rings. The van der Waals surface area contributed by atoms with Crippen molar-refractivity contribution in [1.82, 2.24) is 5.32 Å². The van der Waals surface area contributed by atoms with Gasteiger partial charge in [0.25, 0.3) is 0 Å². The molecule has 0 aromatic heterocycles. The number of para-hydroxylation sites is 1. The van der Waals surface area contributed by atoms with Gasteiger partial charge in [0.1, 0.15) is 0 Å². The van der Waals surface area contributed by atoms with Crippen molar-refractivity contribution in [3.8, 4) is 5.75 Å². The summed E-state index contributed by atoms with van der Waals surface area (Å²) in [5.41, 5.74) is 0.893. The van der Waals surface area contributed by atoms with E-state index in [0.29, 0.717) is 24.8 Å². The molecule has 0 saturated heterocycles. The SMILES string of the molecule is CSCCCOc1c(F)cccc1CNCC(C)C. The van der Waals surface area contributed by atoms with E-state index in [-0.39, 0.29) is 5.82 Å². The normalized spacial score (nSPS) is 11.0. The molecule has 1 rings (SSSR count). The molecule has 108 valence electrons. The lowest BCUT2D eigenvalue weighted by molar-refractivity contribution is 0.298. The van der Waals surface area contributed by atoms with Crippen LogP contribution in [0.15, 0.2) is 18.2 Å². The van der Waals surface area contributed by atoms with Crippen molar-refractivity contribution in [2.75, 3.05) is 25.2 Å². The molecule has 1 aromatic rings. The molecule has 0 spiro atoms. The van der Waals surface area contributed by atoms with E-state index < -0.39 is 0 Å². The first-order chi connectivity index (χ1) is 9.15. The second-order valence-corrected chi connectivity index (χ2v) is 5.93. The summed E-state index contributed by atoms with van der Waals surface area (Å²) in [6.45, 7) is 6.44. The maximum absolute atomic E-state index is 13.8. The molecule has 0 atom stereocenters. The Morgan fingerprint density at radius 1 is 1.37 bits per heavy atom. The summed E-state index contributed by atoms with van der Waals surface area (Å²) in [4.78, 5) is 0. The predicted molar refractivity (Wildman–Crippen MR) is 81.4 cm³/mol. The van der Waals surface area contributed by atoms with Crippen LogP contribution in [0.25, 0.3) is 0 Å². The predicted octanol–water partition coefficient (Wildman–Crippen LogP) is 3.70. The fourth-order valence-corrected chi connectivity index (χ4v) is 2.13. The van der Waals surface area contributed by atoms with Crippen LogP contribution in [0.1, 0.15) is 25.8 Å². The summed E-state index contributed by atoms with van der Waals surface area (Å²) >= 11 is 1.78. The van der Waals surface area contributed by atoms with E-state index in [9.17, 15) is 4.39 Å². The Balaban J connectivity index is 2.56. The Morgan fingerprint density at radius 3 is 2.84 bits per heavy atom. The van der Waals surface area contributed by atoms with Crippen molar-refractivity contribution in [3.63, 3.8) is 0 Å².